The van der Waals surface area contributed by atoms with Crippen molar-refractivity contribution in [3.05, 3.63) is 0 Å². The Morgan fingerprint density at radius 2 is 2.33 bits per heavy atom. The summed E-state index contributed by atoms with van der Waals surface area (Å²) in [5.41, 5.74) is -0.991. The van der Waals surface area contributed by atoms with E-state index in [1.165, 1.54) is 0 Å². The zero-order valence-electron chi connectivity index (χ0n) is 6.82. The van der Waals surface area contributed by atoms with Crippen molar-refractivity contribution < 1.29 is 13.5 Å². The maximum absolute atomic E-state index is 11.2. The zero-order valence-corrected chi connectivity index (χ0v) is 7.63. The van der Waals surface area contributed by atoms with Crippen molar-refractivity contribution in [2.45, 2.75) is 18.6 Å². The first-order valence-electron chi connectivity index (χ1n) is 3.76. The van der Waals surface area contributed by atoms with Crippen molar-refractivity contribution in [1.29, 1.82) is 5.26 Å². The van der Waals surface area contributed by atoms with E-state index in [1.54, 1.807) is 6.92 Å². The molecule has 1 saturated carbocycles. The Balaban J connectivity index is 2.83. The van der Waals surface area contributed by atoms with Gasteiger partial charge in [-0.15, -0.1) is 0 Å². The lowest BCUT2D eigenvalue weighted by Crippen LogP contribution is -2.19. The van der Waals surface area contributed by atoms with Crippen LogP contribution in [0.1, 0.15) is 13.3 Å². The molecule has 0 heterocycles. The standard InChI is InChI=1S/C7H11NO3S/c1-2-12(10,11)6-3-7(6,4-8)5-9/h6,9H,2-3,5H2,1H3/t6-,7+/m0/s1. The Bertz CT molecular complexity index is 316. The number of aliphatic hydroxyl groups is 1. The van der Waals surface area contributed by atoms with Crippen LogP contribution in [0, 0.1) is 16.7 Å². The molecule has 2 atom stereocenters. The third-order valence-corrected chi connectivity index (χ3v) is 4.64. The molecule has 1 rings (SSSR count). The Labute approximate surface area is 71.7 Å². The highest BCUT2D eigenvalue weighted by Crippen LogP contribution is 2.49. The minimum atomic E-state index is -3.14. The maximum atomic E-state index is 11.2. The molecule has 68 valence electrons. The van der Waals surface area contributed by atoms with Crippen LogP contribution in [-0.2, 0) is 9.84 Å². The molecule has 0 amide bonds. The quantitative estimate of drug-likeness (QED) is 0.661. The molecule has 5 heteroatoms. The summed E-state index contributed by atoms with van der Waals surface area (Å²) in [4.78, 5) is 0. The van der Waals surface area contributed by atoms with Crippen LogP contribution >= 0.6 is 0 Å². The summed E-state index contributed by atoms with van der Waals surface area (Å²) in [5, 5.41) is 16.8. The Kier molecular flexibility index (Phi) is 2.15. The summed E-state index contributed by atoms with van der Waals surface area (Å²) in [7, 11) is -3.14. The maximum Gasteiger partial charge on any atom is 0.154 e. The minimum absolute atomic E-state index is 0.0428. The smallest absolute Gasteiger partial charge is 0.154 e. The van der Waals surface area contributed by atoms with Gasteiger partial charge in [0.2, 0.25) is 0 Å². The van der Waals surface area contributed by atoms with Gasteiger partial charge >= 0.3 is 0 Å². The topological polar surface area (TPSA) is 78.2 Å². The number of hydrogen-bond donors (Lipinski definition) is 1. The summed E-state index contributed by atoms with van der Waals surface area (Å²) in [6.07, 6.45) is 0.288. The molecule has 12 heavy (non-hydrogen) atoms. The molecule has 0 unspecified atom stereocenters. The van der Waals surface area contributed by atoms with Crippen LogP contribution in [-0.4, -0.2) is 31.1 Å². The number of rotatable bonds is 3. The Hall–Kier alpha value is -0.600. The molecule has 4 nitrogen and oxygen atoms in total. The fourth-order valence-corrected chi connectivity index (χ4v) is 3.03. The largest absolute Gasteiger partial charge is 0.395 e. The molecular formula is C7H11NO3S. The van der Waals surface area contributed by atoms with E-state index in [4.69, 9.17) is 10.4 Å². The third kappa shape index (κ3) is 1.21. The molecule has 1 N–H and O–H groups in total. The summed E-state index contributed by atoms with van der Waals surface area (Å²) in [6, 6.07) is 1.86. The monoisotopic (exact) mass is 189 g/mol. The van der Waals surface area contributed by atoms with Crippen molar-refractivity contribution in [2.24, 2.45) is 5.41 Å². The molecule has 0 spiro atoms. The van der Waals surface area contributed by atoms with Gasteiger partial charge in [-0.1, -0.05) is 6.92 Å². The highest BCUT2D eigenvalue weighted by Gasteiger charge is 2.61. The second-order valence-corrected chi connectivity index (χ2v) is 5.54. The van der Waals surface area contributed by atoms with E-state index in [9.17, 15) is 8.42 Å². The molecule has 0 aromatic rings. The van der Waals surface area contributed by atoms with Gasteiger partial charge in [-0.25, -0.2) is 8.42 Å². The van der Waals surface area contributed by atoms with Gasteiger partial charge in [0.1, 0.15) is 0 Å². The zero-order chi connectivity index (χ0) is 9.41. The molecular weight excluding hydrogens is 178 g/mol. The number of sulfone groups is 1. The summed E-state index contributed by atoms with van der Waals surface area (Å²) < 4.78 is 22.5. The molecule has 1 fully saturated rings. The van der Waals surface area contributed by atoms with Crippen molar-refractivity contribution >= 4 is 9.84 Å². The predicted molar refractivity (Wildman–Crippen MR) is 43.0 cm³/mol. The van der Waals surface area contributed by atoms with Gasteiger partial charge in [0, 0.05) is 5.75 Å². The first-order chi connectivity index (χ1) is 5.52. The van der Waals surface area contributed by atoms with Gasteiger partial charge < -0.3 is 5.11 Å². The second-order valence-electron chi connectivity index (χ2n) is 3.07. The van der Waals surface area contributed by atoms with Gasteiger partial charge in [0.05, 0.1) is 23.3 Å². The summed E-state index contributed by atoms with van der Waals surface area (Å²) in [5.74, 6) is 0.0428. The molecule has 0 aromatic carbocycles. The highest BCUT2D eigenvalue weighted by molar-refractivity contribution is 7.92. The van der Waals surface area contributed by atoms with E-state index in [2.05, 4.69) is 0 Å². The van der Waals surface area contributed by atoms with Gasteiger partial charge in [-0.3, -0.25) is 0 Å². The highest BCUT2D eigenvalue weighted by atomic mass is 32.2. The van der Waals surface area contributed by atoms with E-state index in [0.29, 0.717) is 0 Å². The SMILES string of the molecule is CCS(=O)(=O)[C@H]1C[C@@]1(C#N)CO. The van der Waals surface area contributed by atoms with Crippen molar-refractivity contribution in [1.82, 2.24) is 0 Å². The molecule has 1 aliphatic rings. The molecule has 0 saturated heterocycles. The molecule has 1 aliphatic carbocycles. The van der Waals surface area contributed by atoms with Gasteiger partial charge in [0.25, 0.3) is 0 Å². The van der Waals surface area contributed by atoms with Crippen LogP contribution in [0.5, 0.6) is 0 Å². The fraction of sp³-hybridized carbons (Fsp3) is 0.857. The Morgan fingerprint density at radius 1 is 1.75 bits per heavy atom. The molecule has 0 aliphatic heterocycles. The van der Waals surface area contributed by atoms with Crippen LogP contribution in [0.15, 0.2) is 0 Å². The predicted octanol–water partition coefficient (Wildman–Crippen LogP) is -0.304. The fourth-order valence-electron chi connectivity index (χ4n) is 1.26. The van der Waals surface area contributed by atoms with E-state index in [1.807, 2.05) is 6.07 Å². The van der Waals surface area contributed by atoms with Gasteiger partial charge in [-0.2, -0.15) is 5.26 Å². The number of aliphatic hydroxyl groups excluding tert-OH is 1. The number of nitriles is 1. The van der Waals surface area contributed by atoms with E-state index in [-0.39, 0.29) is 18.8 Å². The first kappa shape index (κ1) is 9.49. The van der Waals surface area contributed by atoms with E-state index < -0.39 is 20.5 Å². The summed E-state index contributed by atoms with van der Waals surface area (Å²) in [6.45, 7) is 1.19. The van der Waals surface area contributed by atoms with Crippen LogP contribution in [0.25, 0.3) is 0 Å². The normalized spacial score (nSPS) is 34.2. The lowest BCUT2D eigenvalue weighted by Gasteiger charge is -2.02. The summed E-state index contributed by atoms with van der Waals surface area (Å²) >= 11 is 0. The van der Waals surface area contributed by atoms with Crippen molar-refractivity contribution in [3.8, 4) is 6.07 Å². The van der Waals surface area contributed by atoms with E-state index >= 15 is 0 Å². The second kappa shape index (κ2) is 2.71. The Morgan fingerprint density at radius 3 is 2.58 bits per heavy atom. The van der Waals surface area contributed by atoms with Gasteiger partial charge in [-0.05, 0) is 6.42 Å². The lowest BCUT2D eigenvalue weighted by molar-refractivity contribution is 0.246. The van der Waals surface area contributed by atoms with Crippen LogP contribution in [0.3, 0.4) is 0 Å². The average molecular weight is 189 g/mol. The third-order valence-electron chi connectivity index (χ3n) is 2.35. The van der Waals surface area contributed by atoms with Gasteiger partial charge in [0.15, 0.2) is 9.84 Å². The molecule has 0 radical (unpaired) electrons. The number of hydrogen-bond acceptors (Lipinski definition) is 4. The lowest BCUT2D eigenvalue weighted by atomic mass is 10.2. The van der Waals surface area contributed by atoms with Crippen molar-refractivity contribution in [2.75, 3.05) is 12.4 Å². The van der Waals surface area contributed by atoms with Crippen LogP contribution < -0.4 is 0 Å². The van der Waals surface area contributed by atoms with Crippen molar-refractivity contribution in [3.63, 3.8) is 0 Å². The van der Waals surface area contributed by atoms with Crippen LogP contribution in [0.4, 0.5) is 0 Å². The van der Waals surface area contributed by atoms with E-state index in [0.717, 1.165) is 0 Å². The molecule has 0 aromatic heterocycles. The van der Waals surface area contributed by atoms with Crippen LogP contribution in [0.2, 0.25) is 0 Å². The molecule has 0 bridgehead atoms. The number of nitrogens with zero attached hydrogens (tertiary/aromatic N) is 1. The first-order valence-corrected chi connectivity index (χ1v) is 5.47. The average Bonchev–Trinajstić information content (AvgIpc) is 2.80. The minimum Gasteiger partial charge on any atom is -0.395 e.